The standard InChI is InChI=1S/C12H22N6O/c1-18-8-3-2-5-10(18)9-12(19)13-7-4-6-11-14-16-17-15-11/h10H,2-9H2,1H3,(H,13,19)(H,14,15,16,17). The van der Waals surface area contributed by atoms with E-state index in [0.717, 1.165) is 25.8 Å². The molecule has 0 aromatic carbocycles. The molecule has 0 radical (unpaired) electrons. The first-order chi connectivity index (χ1) is 9.25. The number of hydrogen-bond donors (Lipinski definition) is 2. The van der Waals surface area contributed by atoms with E-state index in [1.54, 1.807) is 0 Å². The van der Waals surface area contributed by atoms with Crippen molar-refractivity contribution in [2.24, 2.45) is 0 Å². The first-order valence-electron chi connectivity index (χ1n) is 6.95. The normalized spacial score (nSPS) is 20.4. The molecular weight excluding hydrogens is 244 g/mol. The Balaban J connectivity index is 1.59. The van der Waals surface area contributed by atoms with Crippen LogP contribution in [0.25, 0.3) is 0 Å². The topological polar surface area (TPSA) is 86.8 Å². The van der Waals surface area contributed by atoms with Crippen molar-refractivity contribution < 1.29 is 4.79 Å². The molecule has 0 spiro atoms. The van der Waals surface area contributed by atoms with E-state index in [1.807, 2.05) is 0 Å². The number of nitrogens with one attached hydrogen (secondary N) is 2. The summed E-state index contributed by atoms with van der Waals surface area (Å²) in [6.45, 7) is 1.78. The van der Waals surface area contributed by atoms with Crippen LogP contribution in [-0.4, -0.2) is 57.6 Å². The number of aromatic amines is 1. The van der Waals surface area contributed by atoms with Gasteiger partial charge in [0.15, 0.2) is 5.82 Å². The molecule has 1 fully saturated rings. The third-order valence-corrected chi connectivity index (χ3v) is 3.63. The summed E-state index contributed by atoms with van der Waals surface area (Å²) in [4.78, 5) is 14.1. The summed E-state index contributed by atoms with van der Waals surface area (Å²) >= 11 is 0. The first-order valence-corrected chi connectivity index (χ1v) is 6.95. The Hall–Kier alpha value is -1.50. The van der Waals surface area contributed by atoms with Crippen LogP contribution in [0.1, 0.15) is 37.9 Å². The average molecular weight is 266 g/mol. The van der Waals surface area contributed by atoms with Crippen LogP contribution in [0.15, 0.2) is 0 Å². The smallest absolute Gasteiger partial charge is 0.221 e. The van der Waals surface area contributed by atoms with Gasteiger partial charge in [0.25, 0.3) is 0 Å². The zero-order valence-electron chi connectivity index (χ0n) is 11.4. The first kappa shape index (κ1) is 13.9. The Kier molecular flexibility index (Phi) is 5.26. The lowest BCUT2D eigenvalue weighted by Gasteiger charge is -2.31. The third kappa shape index (κ3) is 4.59. The van der Waals surface area contributed by atoms with Crippen LogP contribution in [0.2, 0.25) is 0 Å². The monoisotopic (exact) mass is 266 g/mol. The molecule has 1 aliphatic rings. The molecule has 2 N–H and O–H groups in total. The minimum Gasteiger partial charge on any atom is -0.356 e. The van der Waals surface area contributed by atoms with E-state index in [4.69, 9.17) is 0 Å². The number of amides is 1. The molecule has 0 saturated carbocycles. The van der Waals surface area contributed by atoms with Gasteiger partial charge in [0.2, 0.25) is 5.91 Å². The van der Waals surface area contributed by atoms with Gasteiger partial charge in [0.05, 0.1) is 0 Å². The van der Waals surface area contributed by atoms with Gasteiger partial charge in [-0.2, -0.15) is 5.21 Å². The van der Waals surface area contributed by atoms with Crippen LogP contribution in [0.3, 0.4) is 0 Å². The van der Waals surface area contributed by atoms with Crippen molar-refractivity contribution >= 4 is 5.91 Å². The van der Waals surface area contributed by atoms with Crippen molar-refractivity contribution in [2.75, 3.05) is 20.1 Å². The number of carbonyl (C=O) groups excluding carboxylic acids is 1. The van der Waals surface area contributed by atoms with E-state index in [-0.39, 0.29) is 5.91 Å². The number of nitrogens with zero attached hydrogens (tertiary/aromatic N) is 4. The highest BCUT2D eigenvalue weighted by Crippen LogP contribution is 2.17. The molecule has 2 heterocycles. The van der Waals surface area contributed by atoms with Crippen molar-refractivity contribution in [1.82, 2.24) is 30.8 Å². The molecular formula is C12H22N6O. The number of tetrazole rings is 1. The number of H-pyrrole nitrogens is 1. The maximum atomic E-state index is 11.8. The van der Waals surface area contributed by atoms with E-state index in [1.165, 1.54) is 12.8 Å². The van der Waals surface area contributed by atoms with E-state index in [9.17, 15) is 4.79 Å². The fourth-order valence-corrected chi connectivity index (χ4v) is 2.45. The zero-order valence-corrected chi connectivity index (χ0v) is 11.4. The number of aromatic nitrogens is 4. The maximum Gasteiger partial charge on any atom is 0.221 e. The second-order valence-corrected chi connectivity index (χ2v) is 5.12. The highest BCUT2D eigenvalue weighted by molar-refractivity contribution is 5.76. The lowest BCUT2D eigenvalue weighted by molar-refractivity contribution is -0.122. The fourth-order valence-electron chi connectivity index (χ4n) is 2.45. The molecule has 2 rings (SSSR count). The lowest BCUT2D eigenvalue weighted by Crippen LogP contribution is -2.40. The molecule has 1 aromatic heterocycles. The molecule has 106 valence electrons. The van der Waals surface area contributed by atoms with Crippen molar-refractivity contribution in [2.45, 2.75) is 44.6 Å². The summed E-state index contributed by atoms with van der Waals surface area (Å²) in [5.74, 6) is 0.841. The second kappa shape index (κ2) is 7.18. The van der Waals surface area contributed by atoms with Gasteiger partial charge in [0, 0.05) is 25.4 Å². The van der Waals surface area contributed by atoms with Gasteiger partial charge in [0.1, 0.15) is 0 Å². The highest BCUT2D eigenvalue weighted by atomic mass is 16.1. The number of aryl methyl sites for hydroxylation is 1. The fraction of sp³-hybridized carbons (Fsp3) is 0.833. The Morgan fingerprint density at radius 1 is 1.53 bits per heavy atom. The predicted octanol–water partition coefficient (Wildman–Crippen LogP) is 0.123. The van der Waals surface area contributed by atoms with Crippen LogP contribution in [0, 0.1) is 0 Å². The number of likely N-dealkylation sites (tertiary alicyclic amines) is 1. The van der Waals surface area contributed by atoms with Crippen LogP contribution in [0.5, 0.6) is 0 Å². The number of rotatable bonds is 6. The van der Waals surface area contributed by atoms with Crippen LogP contribution in [-0.2, 0) is 11.2 Å². The Labute approximate surface area is 113 Å². The van der Waals surface area contributed by atoms with Gasteiger partial charge in [-0.05, 0) is 32.9 Å². The average Bonchev–Trinajstić information content (AvgIpc) is 2.91. The van der Waals surface area contributed by atoms with Crippen LogP contribution in [0.4, 0.5) is 0 Å². The van der Waals surface area contributed by atoms with Crippen LogP contribution < -0.4 is 5.32 Å². The minimum atomic E-state index is 0.145. The Morgan fingerprint density at radius 2 is 2.42 bits per heavy atom. The Morgan fingerprint density at radius 3 is 3.16 bits per heavy atom. The largest absolute Gasteiger partial charge is 0.356 e. The van der Waals surface area contributed by atoms with E-state index in [0.29, 0.717) is 24.8 Å². The van der Waals surface area contributed by atoms with Crippen molar-refractivity contribution in [3.8, 4) is 0 Å². The third-order valence-electron chi connectivity index (χ3n) is 3.63. The molecule has 7 nitrogen and oxygen atoms in total. The summed E-state index contributed by atoms with van der Waals surface area (Å²) in [5, 5.41) is 16.6. The summed E-state index contributed by atoms with van der Waals surface area (Å²) < 4.78 is 0. The molecule has 1 saturated heterocycles. The molecule has 7 heteroatoms. The van der Waals surface area contributed by atoms with Gasteiger partial charge in [-0.25, -0.2) is 0 Å². The van der Waals surface area contributed by atoms with E-state index >= 15 is 0 Å². The molecule has 1 unspecified atom stereocenters. The van der Waals surface area contributed by atoms with E-state index in [2.05, 4.69) is 37.9 Å². The summed E-state index contributed by atoms with van der Waals surface area (Å²) in [7, 11) is 2.10. The van der Waals surface area contributed by atoms with Crippen molar-refractivity contribution in [1.29, 1.82) is 0 Å². The molecule has 19 heavy (non-hydrogen) atoms. The quantitative estimate of drug-likeness (QED) is 0.714. The molecule has 1 aromatic rings. The zero-order chi connectivity index (χ0) is 13.5. The van der Waals surface area contributed by atoms with Gasteiger partial charge < -0.3 is 10.2 Å². The summed E-state index contributed by atoms with van der Waals surface area (Å²) in [6, 6.07) is 0.408. The molecule has 0 bridgehead atoms. The minimum absolute atomic E-state index is 0.145. The SMILES string of the molecule is CN1CCCCC1CC(=O)NCCCc1nn[nH]n1. The summed E-state index contributed by atoms with van der Waals surface area (Å²) in [6.07, 6.45) is 5.80. The number of hydrogen-bond acceptors (Lipinski definition) is 5. The molecule has 0 aliphatic carbocycles. The van der Waals surface area contributed by atoms with Gasteiger partial charge in [-0.1, -0.05) is 11.6 Å². The molecule has 1 amide bonds. The lowest BCUT2D eigenvalue weighted by atomic mass is 10.00. The highest BCUT2D eigenvalue weighted by Gasteiger charge is 2.21. The summed E-state index contributed by atoms with van der Waals surface area (Å²) in [5.41, 5.74) is 0. The predicted molar refractivity (Wildman–Crippen MR) is 70.4 cm³/mol. The second-order valence-electron chi connectivity index (χ2n) is 5.12. The van der Waals surface area contributed by atoms with Gasteiger partial charge in [-0.3, -0.25) is 4.79 Å². The molecule has 1 aliphatic heterocycles. The molecule has 1 atom stereocenters. The van der Waals surface area contributed by atoms with E-state index < -0.39 is 0 Å². The number of carbonyl (C=O) groups is 1. The van der Waals surface area contributed by atoms with Crippen molar-refractivity contribution in [3.63, 3.8) is 0 Å². The number of piperidine rings is 1. The maximum absolute atomic E-state index is 11.8. The van der Waals surface area contributed by atoms with Gasteiger partial charge in [-0.15, -0.1) is 10.2 Å². The Bertz CT molecular complexity index is 380. The van der Waals surface area contributed by atoms with Gasteiger partial charge >= 0.3 is 0 Å². The van der Waals surface area contributed by atoms with Crippen LogP contribution >= 0.6 is 0 Å². The van der Waals surface area contributed by atoms with Crippen molar-refractivity contribution in [3.05, 3.63) is 5.82 Å².